The number of fused-ring (bicyclic) bond motifs is 15. The number of rotatable bonds is 3. The predicted octanol–water partition coefficient (Wildman–Crippen LogP) is 13.4. The van der Waals surface area contributed by atoms with Crippen LogP contribution in [-0.4, -0.2) is 24.1 Å². The molecular formula is C53H31N5. The SMILES string of the molecule is c1ccc(-c2nc(-c3cc4ccccc4c4ccccc34)nc(-n3c4ccccc4c4c5c6c(cc43)c3ccccc3n6-c3ccccc3-c3ccccc3-5)n2)cc1. The minimum Gasteiger partial charge on any atom is -0.308 e. The van der Waals surface area contributed by atoms with Crippen molar-refractivity contribution < 1.29 is 0 Å². The third-order valence-corrected chi connectivity index (χ3v) is 12.1. The number of benzene rings is 9. The van der Waals surface area contributed by atoms with E-state index >= 15 is 0 Å². The van der Waals surface area contributed by atoms with Gasteiger partial charge < -0.3 is 4.57 Å². The molecular weight excluding hydrogens is 707 g/mol. The summed E-state index contributed by atoms with van der Waals surface area (Å²) in [6, 6.07) is 67.2. The highest BCUT2D eigenvalue weighted by molar-refractivity contribution is 6.28. The Balaban J connectivity index is 1.21. The average molecular weight is 738 g/mol. The quantitative estimate of drug-likeness (QED) is 0.170. The standard InChI is InChI=1S/C53H31N5/c1-2-16-32(17-3-1)51-54-52(43-30-33-18-4-5-19-34(33)35-20-6-7-21-36(35)43)56-53(55-51)58-46-29-15-12-26-41(46)48-47(58)31-42-39-24-11-14-28-45(39)57-44-27-13-10-23-38(44)37-22-8-9-25-40(37)49(48)50(42)57/h1-31H. The molecule has 1 aliphatic rings. The van der Waals surface area contributed by atoms with Crippen molar-refractivity contribution in [1.82, 2.24) is 24.1 Å². The van der Waals surface area contributed by atoms with Crippen LogP contribution in [0.3, 0.4) is 0 Å². The third-order valence-electron chi connectivity index (χ3n) is 12.1. The zero-order chi connectivity index (χ0) is 37.9. The molecule has 0 unspecified atom stereocenters. The Morgan fingerprint density at radius 2 is 0.948 bits per heavy atom. The summed E-state index contributed by atoms with van der Waals surface area (Å²) in [5.74, 6) is 1.83. The van der Waals surface area contributed by atoms with E-state index in [4.69, 9.17) is 15.0 Å². The molecule has 0 saturated carbocycles. The first-order valence-electron chi connectivity index (χ1n) is 19.7. The van der Waals surface area contributed by atoms with Gasteiger partial charge in [0.25, 0.3) is 0 Å². The Labute approximate surface area is 332 Å². The van der Waals surface area contributed by atoms with Gasteiger partial charge in [0.15, 0.2) is 11.6 Å². The van der Waals surface area contributed by atoms with Crippen molar-refractivity contribution in [3.8, 4) is 56.7 Å². The maximum absolute atomic E-state index is 5.48. The maximum atomic E-state index is 5.48. The summed E-state index contributed by atoms with van der Waals surface area (Å²) in [6.45, 7) is 0. The number of hydrogen-bond donors (Lipinski definition) is 0. The Kier molecular flexibility index (Phi) is 6.38. The minimum absolute atomic E-state index is 0.577. The molecule has 0 atom stereocenters. The van der Waals surface area contributed by atoms with Crippen molar-refractivity contribution in [1.29, 1.82) is 0 Å². The van der Waals surface area contributed by atoms with Gasteiger partial charge >= 0.3 is 0 Å². The first-order chi connectivity index (χ1) is 28.8. The summed E-state index contributed by atoms with van der Waals surface area (Å²) in [5.41, 5.74) is 12.4. The molecule has 58 heavy (non-hydrogen) atoms. The van der Waals surface area contributed by atoms with E-state index in [0.717, 1.165) is 38.3 Å². The highest BCUT2D eigenvalue weighted by Gasteiger charge is 2.29. The highest BCUT2D eigenvalue weighted by Crippen LogP contribution is 2.51. The molecule has 0 saturated heterocycles. The molecule has 0 fully saturated rings. The van der Waals surface area contributed by atoms with Gasteiger partial charge in [0.2, 0.25) is 5.95 Å². The highest BCUT2D eigenvalue weighted by atomic mass is 15.2. The van der Waals surface area contributed by atoms with Gasteiger partial charge in [0.1, 0.15) is 0 Å². The van der Waals surface area contributed by atoms with Crippen LogP contribution in [0.5, 0.6) is 0 Å². The van der Waals surface area contributed by atoms with E-state index in [9.17, 15) is 0 Å². The van der Waals surface area contributed by atoms with Crippen LogP contribution in [0.15, 0.2) is 188 Å². The van der Waals surface area contributed by atoms with Gasteiger partial charge in [-0.05, 0) is 63.0 Å². The van der Waals surface area contributed by atoms with Gasteiger partial charge in [0.05, 0.1) is 27.8 Å². The summed E-state index contributed by atoms with van der Waals surface area (Å²) in [5, 5.41) is 9.33. The van der Waals surface area contributed by atoms with Crippen LogP contribution in [0.4, 0.5) is 0 Å². The van der Waals surface area contributed by atoms with Gasteiger partial charge in [-0.3, -0.25) is 4.57 Å². The lowest BCUT2D eigenvalue weighted by Crippen LogP contribution is -2.06. The second-order valence-corrected chi connectivity index (χ2v) is 15.1. The van der Waals surface area contributed by atoms with Crippen molar-refractivity contribution >= 4 is 65.2 Å². The fraction of sp³-hybridized carbons (Fsp3) is 0. The lowest BCUT2D eigenvalue weighted by molar-refractivity contribution is 0.955. The molecule has 5 nitrogen and oxygen atoms in total. The predicted molar refractivity (Wildman–Crippen MR) is 239 cm³/mol. The summed E-state index contributed by atoms with van der Waals surface area (Å²) < 4.78 is 4.76. The topological polar surface area (TPSA) is 48.5 Å². The van der Waals surface area contributed by atoms with E-state index in [0.29, 0.717) is 17.6 Å². The van der Waals surface area contributed by atoms with E-state index < -0.39 is 0 Å². The largest absolute Gasteiger partial charge is 0.308 e. The molecule has 0 spiro atoms. The molecule has 3 aromatic heterocycles. The summed E-state index contributed by atoms with van der Waals surface area (Å²) in [7, 11) is 0. The van der Waals surface area contributed by atoms with Crippen LogP contribution in [-0.2, 0) is 0 Å². The summed E-state index contributed by atoms with van der Waals surface area (Å²) in [6.07, 6.45) is 0. The first kappa shape index (κ1) is 31.3. The lowest BCUT2D eigenvalue weighted by Gasteiger charge is -2.14. The summed E-state index contributed by atoms with van der Waals surface area (Å²) >= 11 is 0. The number of nitrogens with zero attached hydrogens (tertiary/aromatic N) is 5. The molecule has 0 amide bonds. The van der Waals surface area contributed by atoms with E-state index in [1.807, 2.05) is 18.2 Å². The number of aromatic nitrogens is 5. The number of hydrogen-bond acceptors (Lipinski definition) is 3. The molecule has 13 rings (SSSR count). The second kappa shape index (κ2) is 11.8. The minimum atomic E-state index is 0.577. The molecule has 9 aromatic carbocycles. The van der Waals surface area contributed by atoms with E-state index in [2.05, 4.69) is 179 Å². The van der Waals surface area contributed by atoms with Gasteiger partial charge in [-0.25, -0.2) is 4.98 Å². The number of para-hydroxylation sites is 3. The average Bonchev–Trinajstić information content (AvgIpc) is 3.76. The van der Waals surface area contributed by atoms with Crippen LogP contribution < -0.4 is 0 Å². The normalized spacial score (nSPS) is 12.1. The van der Waals surface area contributed by atoms with E-state index in [-0.39, 0.29) is 0 Å². The van der Waals surface area contributed by atoms with Gasteiger partial charge in [0, 0.05) is 43.8 Å². The smallest absolute Gasteiger partial charge is 0.238 e. The van der Waals surface area contributed by atoms with Crippen molar-refractivity contribution in [2.75, 3.05) is 0 Å². The zero-order valence-corrected chi connectivity index (χ0v) is 31.1. The van der Waals surface area contributed by atoms with Crippen molar-refractivity contribution in [2.45, 2.75) is 0 Å². The van der Waals surface area contributed by atoms with Crippen LogP contribution in [0, 0.1) is 0 Å². The molecule has 1 aliphatic heterocycles. The monoisotopic (exact) mass is 737 g/mol. The van der Waals surface area contributed by atoms with Crippen LogP contribution in [0.2, 0.25) is 0 Å². The molecule has 0 N–H and O–H groups in total. The Bertz CT molecular complexity index is 3690. The Morgan fingerprint density at radius 1 is 0.345 bits per heavy atom. The molecule has 12 aromatic rings. The van der Waals surface area contributed by atoms with Crippen molar-refractivity contribution in [3.05, 3.63) is 188 Å². The molecule has 0 radical (unpaired) electrons. The van der Waals surface area contributed by atoms with Gasteiger partial charge in [-0.1, -0.05) is 158 Å². The first-order valence-corrected chi connectivity index (χ1v) is 19.7. The van der Waals surface area contributed by atoms with Gasteiger partial charge in [-0.15, -0.1) is 0 Å². The molecule has 0 bridgehead atoms. The van der Waals surface area contributed by atoms with Crippen LogP contribution in [0.1, 0.15) is 0 Å². The third kappa shape index (κ3) is 4.27. The second-order valence-electron chi connectivity index (χ2n) is 15.1. The van der Waals surface area contributed by atoms with E-state index in [1.54, 1.807) is 0 Å². The van der Waals surface area contributed by atoms with Crippen molar-refractivity contribution in [3.63, 3.8) is 0 Å². The Hall–Kier alpha value is -7.89. The van der Waals surface area contributed by atoms with Gasteiger partial charge in [-0.2, -0.15) is 9.97 Å². The summed E-state index contributed by atoms with van der Waals surface area (Å²) in [4.78, 5) is 16.1. The lowest BCUT2D eigenvalue weighted by atomic mass is 9.91. The zero-order valence-electron chi connectivity index (χ0n) is 31.1. The van der Waals surface area contributed by atoms with E-state index in [1.165, 1.54) is 65.9 Å². The van der Waals surface area contributed by atoms with Crippen LogP contribution >= 0.6 is 0 Å². The fourth-order valence-electron chi connectivity index (χ4n) is 9.67. The van der Waals surface area contributed by atoms with Crippen molar-refractivity contribution in [2.24, 2.45) is 0 Å². The molecule has 268 valence electrons. The maximum Gasteiger partial charge on any atom is 0.238 e. The molecule has 4 heterocycles. The molecule has 0 aliphatic carbocycles. The molecule has 5 heteroatoms. The van der Waals surface area contributed by atoms with Crippen LogP contribution in [0.25, 0.3) is 122 Å². The fourth-order valence-corrected chi connectivity index (χ4v) is 9.67. The Morgan fingerprint density at radius 3 is 1.78 bits per heavy atom.